The van der Waals surface area contributed by atoms with Gasteiger partial charge >= 0.3 is 12.0 Å². The molecular weight excluding hydrogens is 220 g/mol. The van der Waals surface area contributed by atoms with Crippen molar-refractivity contribution in [2.24, 2.45) is 0 Å². The molecule has 2 amide bonds. The van der Waals surface area contributed by atoms with Crippen molar-refractivity contribution in [3.63, 3.8) is 0 Å². The van der Waals surface area contributed by atoms with Gasteiger partial charge < -0.3 is 15.3 Å². The first-order chi connectivity index (χ1) is 8.04. The fourth-order valence-electron chi connectivity index (χ4n) is 1.36. The zero-order chi connectivity index (χ0) is 13.3. The Bertz CT molecular complexity index is 297. The molecule has 0 aliphatic heterocycles. The molecule has 5 heteroatoms. The lowest BCUT2D eigenvalue weighted by atomic mass is 10.2. The summed E-state index contributed by atoms with van der Waals surface area (Å²) in [4.78, 5) is 23.6. The highest BCUT2D eigenvalue weighted by molar-refractivity contribution is 5.75. The average molecular weight is 240 g/mol. The zero-order valence-corrected chi connectivity index (χ0v) is 10.4. The zero-order valence-electron chi connectivity index (χ0n) is 10.4. The molecular formula is C12H20N2O3. The van der Waals surface area contributed by atoms with Gasteiger partial charge in [-0.1, -0.05) is 19.3 Å². The van der Waals surface area contributed by atoms with E-state index in [0.717, 1.165) is 12.8 Å². The van der Waals surface area contributed by atoms with Gasteiger partial charge in [0.2, 0.25) is 0 Å². The summed E-state index contributed by atoms with van der Waals surface area (Å²) < 4.78 is 0. The molecule has 17 heavy (non-hydrogen) atoms. The van der Waals surface area contributed by atoms with E-state index >= 15 is 0 Å². The van der Waals surface area contributed by atoms with Crippen LogP contribution in [0.5, 0.6) is 0 Å². The van der Waals surface area contributed by atoms with E-state index in [4.69, 9.17) is 11.5 Å². The van der Waals surface area contributed by atoms with E-state index in [-0.39, 0.29) is 25.0 Å². The fourth-order valence-corrected chi connectivity index (χ4v) is 1.36. The second-order valence-electron chi connectivity index (χ2n) is 3.68. The Morgan fingerprint density at radius 3 is 2.53 bits per heavy atom. The minimum Gasteiger partial charge on any atom is -0.481 e. The molecule has 1 atom stereocenters. The van der Waals surface area contributed by atoms with Gasteiger partial charge in [0.15, 0.2) is 0 Å². The number of urea groups is 1. The largest absolute Gasteiger partial charge is 0.481 e. The minimum atomic E-state index is -0.918. The predicted molar refractivity (Wildman–Crippen MR) is 65.6 cm³/mol. The molecule has 0 fully saturated rings. The van der Waals surface area contributed by atoms with Crippen molar-refractivity contribution in [1.29, 1.82) is 0 Å². The molecule has 0 radical (unpaired) electrons. The Kier molecular flexibility index (Phi) is 7.61. The molecule has 0 aromatic rings. The number of hydrogen-bond donors (Lipinski definition) is 2. The van der Waals surface area contributed by atoms with Gasteiger partial charge in [0.25, 0.3) is 0 Å². The number of rotatable bonds is 7. The van der Waals surface area contributed by atoms with Crippen LogP contribution in [-0.4, -0.2) is 41.1 Å². The first-order valence-corrected chi connectivity index (χ1v) is 5.78. The monoisotopic (exact) mass is 240 g/mol. The lowest BCUT2D eigenvalue weighted by molar-refractivity contribution is -0.137. The van der Waals surface area contributed by atoms with Crippen LogP contribution in [0.15, 0.2) is 0 Å². The van der Waals surface area contributed by atoms with Crippen LogP contribution in [0.1, 0.15) is 33.1 Å². The molecule has 2 N–H and O–H groups in total. The van der Waals surface area contributed by atoms with Gasteiger partial charge in [-0.05, 0) is 13.3 Å². The first-order valence-electron chi connectivity index (χ1n) is 5.78. The third kappa shape index (κ3) is 6.46. The summed E-state index contributed by atoms with van der Waals surface area (Å²) >= 11 is 0. The maximum absolute atomic E-state index is 11.8. The van der Waals surface area contributed by atoms with Gasteiger partial charge in [-0.3, -0.25) is 4.79 Å². The normalized spacial score (nSPS) is 11.4. The smallest absolute Gasteiger partial charge is 0.318 e. The van der Waals surface area contributed by atoms with Crippen LogP contribution >= 0.6 is 0 Å². The first kappa shape index (κ1) is 15.3. The molecule has 0 heterocycles. The molecule has 5 nitrogen and oxygen atoms in total. The van der Waals surface area contributed by atoms with Crippen LogP contribution in [0.25, 0.3) is 0 Å². The maximum atomic E-state index is 11.8. The second kappa shape index (κ2) is 8.45. The number of carboxylic acid groups (broad SMARTS) is 1. The number of nitrogens with one attached hydrogen (secondary N) is 1. The topological polar surface area (TPSA) is 69.6 Å². The lowest BCUT2D eigenvalue weighted by Crippen LogP contribution is -2.45. The number of carbonyl (C=O) groups excluding carboxylic acids is 1. The average Bonchev–Trinajstić information content (AvgIpc) is 2.28. The lowest BCUT2D eigenvalue weighted by Gasteiger charge is -2.22. The summed E-state index contributed by atoms with van der Waals surface area (Å²) in [6, 6.07) is -0.587. The third-order valence-electron chi connectivity index (χ3n) is 2.34. The van der Waals surface area contributed by atoms with Crippen LogP contribution < -0.4 is 5.32 Å². The number of nitrogens with zero attached hydrogens (tertiary/aromatic N) is 1. The Labute approximate surface area is 102 Å². The molecule has 0 bridgehead atoms. The number of hydrogen-bond acceptors (Lipinski definition) is 2. The Balaban J connectivity index is 4.24. The van der Waals surface area contributed by atoms with E-state index in [9.17, 15) is 9.59 Å². The highest BCUT2D eigenvalue weighted by atomic mass is 16.4. The molecule has 96 valence electrons. The van der Waals surface area contributed by atoms with Gasteiger partial charge in [0.1, 0.15) is 0 Å². The van der Waals surface area contributed by atoms with Crippen molar-refractivity contribution >= 4 is 12.0 Å². The molecule has 0 aromatic carbocycles. The van der Waals surface area contributed by atoms with Crippen LogP contribution in [0.3, 0.4) is 0 Å². The quantitative estimate of drug-likeness (QED) is 0.659. The van der Waals surface area contributed by atoms with Gasteiger partial charge in [-0.15, -0.1) is 6.42 Å². The molecule has 0 aliphatic carbocycles. The fraction of sp³-hybridized carbons (Fsp3) is 0.667. The standard InChI is InChI=1S/C12H20N2O3/c1-4-7-10(5-2)13-12(17)14(6-3)9-8-11(15)16/h2,10H,4,6-9H2,1,3H3,(H,13,17)(H,15,16). The Hall–Kier alpha value is -1.70. The highest BCUT2D eigenvalue weighted by Crippen LogP contribution is 1.98. The molecule has 0 spiro atoms. The summed E-state index contributed by atoms with van der Waals surface area (Å²) in [6.07, 6.45) is 6.84. The van der Waals surface area contributed by atoms with Crippen molar-refractivity contribution in [3.8, 4) is 12.3 Å². The second-order valence-corrected chi connectivity index (χ2v) is 3.68. The predicted octanol–water partition coefficient (Wildman–Crippen LogP) is 1.29. The van der Waals surface area contributed by atoms with E-state index in [2.05, 4.69) is 11.2 Å². The van der Waals surface area contributed by atoms with E-state index in [1.54, 1.807) is 6.92 Å². The van der Waals surface area contributed by atoms with Gasteiger partial charge in [0, 0.05) is 13.1 Å². The van der Waals surface area contributed by atoms with Crippen LogP contribution in [0.2, 0.25) is 0 Å². The highest BCUT2D eigenvalue weighted by Gasteiger charge is 2.15. The molecule has 0 rings (SSSR count). The Morgan fingerprint density at radius 2 is 2.12 bits per heavy atom. The SMILES string of the molecule is C#CC(CCC)NC(=O)N(CC)CCC(=O)O. The Morgan fingerprint density at radius 1 is 1.47 bits per heavy atom. The maximum Gasteiger partial charge on any atom is 0.318 e. The summed E-state index contributed by atoms with van der Waals surface area (Å²) in [5, 5.41) is 11.3. The summed E-state index contributed by atoms with van der Waals surface area (Å²) in [5.41, 5.74) is 0. The molecule has 0 aliphatic rings. The minimum absolute atomic E-state index is 0.0598. The van der Waals surface area contributed by atoms with Crippen LogP contribution in [0.4, 0.5) is 4.79 Å². The van der Waals surface area contributed by atoms with E-state index in [1.165, 1.54) is 4.90 Å². The van der Waals surface area contributed by atoms with Gasteiger partial charge in [0.05, 0.1) is 12.5 Å². The number of amides is 2. The summed E-state index contributed by atoms with van der Waals surface area (Å²) in [7, 11) is 0. The summed E-state index contributed by atoms with van der Waals surface area (Å²) in [6.45, 7) is 4.44. The molecule has 0 saturated heterocycles. The van der Waals surface area contributed by atoms with Gasteiger partial charge in [-0.25, -0.2) is 4.79 Å². The number of carboxylic acids is 1. The third-order valence-corrected chi connectivity index (χ3v) is 2.34. The molecule has 1 unspecified atom stereocenters. The van der Waals surface area contributed by atoms with Crippen molar-refractivity contribution in [2.45, 2.75) is 39.2 Å². The van der Waals surface area contributed by atoms with Crippen molar-refractivity contribution < 1.29 is 14.7 Å². The number of terminal acetylenes is 1. The number of aliphatic carboxylic acids is 1. The molecule has 0 saturated carbocycles. The van der Waals surface area contributed by atoms with E-state index in [0.29, 0.717) is 6.54 Å². The van der Waals surface area contributed by atoms with Crippen LogP contribution in [0, 0.1) is 12.3 Å². The van der Waals surface area contributed by atoms with Crippen molar-refractivity contribution in [2.75, 3.05) is 13.1 Å². The molecule has 0 aromatic heterocycles. The van der Waals surface area contributed by atoms with E-state index < -0.39 is 5.97 Å². The van der Waals surface area contributed by atoms with Crippen LogP contribution in [-0.2, 0) is 4.79 Å². The van der Waals surface area contributed by atoms with E-state index in [1.807, 2.05) is 6.92 Å². The summed E-state index contributed by atoms with van der Waals surface area (Å²) in [5.74, 6) is 1.58. The van der Waals surface area contributed by atoms with Crippen molar-refractivity contribution in [3.05, 3.63) is 0 Å². The van der Waals surface area contributed by atoms with Crippen molar-refractivity contribution in [1.82, 2.24) is 10.2 Å². The van der Waals surface area contributed by atoms with Gasteiger partial charge in [-0.2, -0.15) is 0 Å². The number of carbonyl (C=O) groups is 2.